The number of ether oxygens (including phenoxy) is 1. The molecule has 2 heterocycles. The molecule has 27 heavy (non-hydrogen) atoms. The highest BCUT2D eigenvalue weighted by molar-refractivity contribution is 5.90. The number of hydrogen-bond acceptors (Lipinski definition) is 6. The zero-order chi connectivity index (χ0) is 19.2. The summed E-state index contributed by atoms with van der Waals surface area (Å²) in [5, 5.41) is 15.8. The first-order valence-corrected chi connectivity index (χ1v) is 9.04. The van der Waals surface area contributed by atoms with E-state index < -0.39 is 0 Å². The lowest BCUT2D eigenvalue weighted by atomic mass is 10.2. The van der Waals surface area contributed by atoms with Crippen molar-refractivity contribution < 1.29 is 9.53 Å². The van der Waals surface area contributed by atoms with Gasteiger partial charge in [0, 0.05) is 37.7 Å². The number of amides is 1. The molecule has 0 aliphatic rings. The highest BCUT2D eigenvalue weighted by Gasteiger charge is 2.12. The summed E-state index contributed by atoms with van der Waals surface area (Å²) < 4.78 is 6.88. The molecule has 142 valence electrons. The van der Waals surface area contributed by atoms with Crippen LogP contribution in [0.15, 0.2) is 36.4 Å². The molecular formula is C19H24N6O2. The van der Waals surface area contributed by atoms with Crippen LogP contribution in [0.3, 0.4) is 0 Å². The molecule has 0 aliphatic carbocycles. The van der Waals surface area contributed by atoms with E-state index in [1.165, 1.54) is 0 Å². The van der Waals surface area contributed by atoms with E-state index in [1.807, 2.05) is 30.3 Å². The lowest BCUT2D eigenvalue weighted by Gasteiger charge is -2.19. The topological polar surface area (TPSA) is 84.7 Å². The minimum Gasteiger partial charge on any atom is -0.497 e. The van der Waals surface area contributed by atoms with Gasteiger partial charge in [0.2, 0.25) is 5.91 Å². The van der Waals surface area contributed by atoms with Crippen LogP contribution in [0.1, 0.15) is 26.1 Å². The van der Waals surface area contributed by atoms with Crippen LogP contribution in [0.25, 0.3) is 5.65 Å². The van der Waals surface area contributed by atoms with Crippen LogP contribution >= 0.6 is 0 Å². The number of carbonyl (C=O) groups excluding carboxylic acids is 1. The number of aryl methyl sites for hydroxylation is 1. The van der Waals surface area contributed by atoms with E-state index >= 15 is 0 Å². The predicted molar refractivity (Wildman–Crippen MR) is 104 cm³/mol. The molecule has 0 saturated heterocycles. The van der Waals surface area contributed by atoms with Crippen molar-refractivity contribution >= 4 is 23.1 Å². The maximum absolute atomic E-state index is 12.3. The number of rotatable bonds is 8. The Morgan fingerprint density at radius 3 is 2.74 bits per heavy atom. The van der Waals surface area contributed by atoms with E-state index in [2.05, 4.69) is 39.4 Å². The van der Waals surface area contributed by atoms with Gasteiger partial charge in [-0.05, 0) is 38.1 Å². The molecule has 0 bridgehead atoms. The van der Waals surface area contributed by atoms with Crippen molar-refractivity contribution in [2.75, 3.05) is 30.4 Å². The predicted octanol–water partition coefficient (Wildman–Crippen LogP) is 2.55. The number of benzene rings is 1. The van der Waals surface area contributed by atoms with Gasteiger partial charge in [-0.1, -0.05) is 6.07 Å². The van der Waals surface area contributed by atoms with Gasteiger partial charge in [-0.15, -0.1) is 15.3 Å². The minimum absolute atomic E-state index is 0.0973. The summed E-state index contributed by atoms with van der Waals surface area (Å²) in [6.07, 6.45) is 0.737. The van der Waals surface area contributed by atoms with Crippen LogP contribution in [0, 0.1) is 0 Å². The summed E-state index contributed by atoms with van der Waals surface area (Å²) in [6, 6.07) is 11.1. The van der Waals surface area contributed by atoms with Crippen molar-refractivity contribution in [3.05, 3.63) is 42.2 Å². The summed E-state index contributed by atoms with van der Waals surface area (Å²) >= 11 is 0. The van der Waals surface area contributed by atoms with Gasteiger partial charge in [0.25, 0.3) is 0 Å². The van der Waals surface area contributed by atoms with Crippen LogP contribution in [-0.4, -0.2) is 45.9 Å². The molecule has 0 unspecified atom stereocenters. The Morgan fingerprint density at radius 2 is 2.00 bits per heavy atom. The molecule has 3 rings (SSSR count). The lowest BCUT2D eigenvalue weighted by molar-refractivity contribution is -0.116. The molecule has 0 spiro atoms. The summed E-state index contributed by atoms with van der Waals surface area (Å²) in [5.74, 6) is 2.14. The van der Waals surface area contributed by atoms with E-state index in [9.17, 15) is 4.79 Å². The Hall–Kier alpha value is -3.16. The van der Waals surface area contributed by atoms with Crippen molar-refractivity contribution in [3.8, 4) is 5.75 Å². The van der Waals surface area contributed by atoms with Crippen LogP contribution in [0.2, 0.25) is 0 Å². The van der Waals surface area contributed by atoms with Crippen LogP contribution in [0.4, 0.5) is 11.5 Å². The Balaban J connectivity index is 1.69. The smallest absolute Gasteiger partial charge is 0.224 e. The molecular weight excluding hydrogens is 344 g/mol. The molecule has 0 atom stereocenters. The summed E-state index contributed by atoms with van der Waals surface area (Å²) in [6.45, 7) is 5.92. The number of aromatic nitrogens is 4. The van der Waals surface area contributed by atoms with Gasteiger partial charge in [0.15, 0.2) is 11.5 Å². The number of methoxy groups -OCH3 is 1. The van der Waals surface area contributed by atoms with Crippen LogP contribution in [0.5, 0.6) is 5.75 Å². The fraction of sp³-hybridized carbons (Fsp3) is 0.368. The van der Waals surface area contributed by atoms with Crippen molar-refractivity contribution in [1.29, 1.82) is 0 Å². The lowest BCUT2D eigenvalue weighted by Crippen LogP contribution is -2.23. The Kier molecular flexibility index (Phi) is 5.85. The van der Waals surface area contributed by atoms with Gasteiger partial charge in [0.05, 0.1) is 7.11 Å². The summed E-state index contributed by atoms with van der Waals surface area (Å²) in [4.78, 5) is 14.4. The molecule has 0 aliphatic heterocycles. The zero-order valence-electron chi connectivity index (χ0n) is 15.8. The van der Waals surface area contributed by atoms with E-state index in [1.54, 1.807) is 17.7 Å². The highest BCUT2D eigenvalue weighted by atomic mass is 16.5. The van der Waals surface area contributed by atoms with E-state index in [4.69, 9.17) is 4.74 Å². The van der Waals surface area contributed by atoms with Crippen LogP contribution in [-0.2, 0) is 11.2 Å². The average Bonchev–Trinajstić information content (AvgIpc) is 3.10. The Bertz CT molecular complexity index is 919. The third-order valence-electron chi connectivity index (χ3n) is 4.33. The average molecular weight is 368 g/mol. The van der Waals surface area contributed by atoms with E-state index in [0.717, 1.165) is 18.9 Å². The van der Waals surface area contributed by atoms with E-state index in [0.29, 0.717) is 29.3 Å². The second-order valence-corrected chi connectivity index (χ2v) is 6.03. The van der Waals surface area contributed by atoms with Gasteiger partial charge < -0.3 is 15.0 Å². The first-order valence-electron chi connectivity index (χ1n) is 9.04. The molecule has 8 nitrogen and oxygen atoms in total. The molecule has 1 amide bonds. The molecule has 3 aromatic rings. The van der Waals surface area contributed by atoms with Gasteiger partial charge >= 0.3 is 0 Å². The number of carbonyl (C=O) groups is 1. The number of fused-ring (bicyclic) bond motifs is 1. The van der Waals surface area contributed by atoms with Crippen molar-refractivity contribution in [2.24, 2.45) is 0 Å². The Morgan fingerprint density at radius 1 is 1.19 bits per heavy atom. The summed E-state index contributed by atoms with van der Waals surface area (Å²) in [5.41, 5.74) is 1.38. The van der Waals surface area contributed by atoms with E-state index in [-0.39, 0.29) is 12.3 Å². The third-order valence-corrected chi connectivity index (χ3v) is 4.33. The van der Waals surface area contributed by atoms with Crippen LogP contribution < -0.4 is 15.0 Å². The molecule has 0 fully saturated rings. The largest absolute Gasteiger partial charge is 0.497 e. The number of nitrogens with zero attached hydrogens (tertiary/aromatic N) is 5. The monoisotopic (exact) mass is 368 g/mol. The SMILES string of the molecule is CCN(CC)c1ccc2nnc(CCC(=O)Nc3cccc(OC)c3)n2n1. The normalized spacial score (nSPS) is 10.8. The minimum atomic E-state index is -0.0973. The van der Waals surface area contributed by atoms with Crippen molar-refractivity contribution in [3.63, 3.8) is 0 Å². The molecule has 8 heteroatoms. The number of hydrogen-bond donors (Lipinski definition) is 1. The maximum atomic E-state index is 12.3. The third kappa shape index (κ3) is 4.33. The zero-order valence-corrected chi connectivity index (χ0v) is 15.8. The fourth-order valence-electron chi connectivity index (χ4n) is 2.85. The van der Waals surface area contributed by atoms with Crippen molar-refractivity contribution in [1.82, 2.24) is 19.8 Å². The van der Waals surface area contributed by atoms with Gasteiger partial charge in [0.1, 0.15) is 11.6 Å². The second-order valence-electron chi connectivity index (χ2n) is 6.03. The first-order chi connectivity index (χ1) is 13.1. The van der Waals surface area contributed by atoms with Crippen molar-refractivity contribution in [2.45, 2.75) is 26.7 Å². The highest BCUT2D eigenvalue weighted by Crippen LogP contribution is 2.17. The second kappa shape index (κ2) is 8.48. The van der Waals surface area contributed by atoms with Gasteiger partial charge in [-0.25, -0.2) is 0 Å². The van der Waals surface area contributed by atoms with Gasteiger partial charge in [-0.3, -0.25) is 4.79 Å². The van der Waals surface area contributed by atoms with Gasteiger partial charge in [-0.2, -0.15) is 4.52 Å². The fourth-order valence-corrected chi connectivity index (χ4v) is 2.85. The quantitative estimate of drug-likeness (QED) is 0.658. The molecule has 0 saturated carbocycles. The number of nitrogens with one attached hydrogen (secondary N) is 1. The number of anilines is 2. The Labute approximate surface area is 158 Å². The standard InChI is InChI=1S/C19H24N6O2/c1-4-24(5-2)18-10-9-16-21-22-17(25(16)23-18)11-12-19(26)20-14-7-6-8-15(13-14)27-3/h6-10,13H,4-5,11-12H2,1-3H3,(H,20,26). The molecule has 2 aromatic heterocycles. The first kappa shape index (κ1) is 18.6. The molecule has 1 aromatic carbocycles. The molecule has 1 N–H and O–H groups in total. The summed E-state index contributed by atoms with van der Waals surface area (Å²) in [7, 11) is 1.59. The molecule has 0 radical (unpaired) electrons. The maximum Gasteiger partial charge on any atom is 0.224 e.